The maximum atomic E-state index is 12.6. The van der Waals surface area contributed by atoms with Crippen molar-refractivity contribution >= 4 is 47.2 Å². The van der Waals surface area contributed by atoms with Gasteiger partial charge in [0.25, 0.3) is 0 Å². The van der Waals surface area contributed by atoms with Crippen LogP contribution in [0.4, 0.5) is 0 Å². The summed E-state index contributed by atoms with van der Waals surface area (Å²) in [5.41, 5.74) is 13.6. The summed E-state index contributed by atoms with van der Waals surface area (Å²) in [4.78, 5) is 97.8. The second kappa shape index (κ2) is 28.5. The first-order chi connectivity index (χ1) is 47.2. The highest BCUT2D eigenvalue weighted by atomic mass is 16.8. The third kappa shape index (κ3) is 14.3. The molecule has 10 saturated heterocycles. The van der Waals surface area contributed by atoms with Crippen LogP contribution in [-0.2, 0) is 85.7 Å². The van der Waals surface area contributed by atoms with Crippen molar-refractivity contribution in [1.82, 2.24) is 0 Å². The standard InChI is InChI=1S/C15H17N3O4.C15H20O5.C15H18O5.C15H20O4.C15H18O4/c1-8-5-15(6-9(2)14(20)22-15)21-13-11(8)4-3-10(12(13)19)7-17-18-16;2*1-8-5-15(6-9(2)14(18)20-15)19-13-11(8)4-3-10(7-16)12(13)17;2*1-8-4-5-11-9(2)6-15(18-13(11)12(8)16)7-10(3)14(17)19-15/h3,8,11,13H,2,4-7H2,1H3;3,8,11-13,16-17H,2,4-7H2,1H3;3,8,11,13,16H,2,4-7H2,1H3;4,9,11-13,16H,3,5-7H2,1-2H3;4,9,11,13H,3,5-7H2,1-2H3. The lowest BCUT2D eigenvalue weighted by Crippen LogP contribution is -2.54. The Kier molecular flexibility index (Phi) is 21.1. The zero-order valence-electron chi connectivity index (χ0n) is 57.9. The fraction of sp³-hybridized carbons (Fsp3) is 0.627. The van der Waals surface area contributed by atoms with Gasteiger partial charge < -0.3 is 67.8 Å². The molecule has 0 aromatic rings. The monoisotopic (exact) mass is 1390 g/mol. The molecule has 22 unspecified atom stereocenters. The first-order valence-electron chi connectivity index (χ1n) is 34.8. The van der Waals surface area contributed by atoms with Gasteiger partial charge in [-0.3, -0.25) is 14.4 Å². The highest BCUT2D eigenvalue weighted by molar-refractivity contribution is 6.02. The molecule has 10 heterocycles. The van der Waals surface area contributed by atoms with E-state index in [1.54, 1.807) is 6.08 Å². The number of rotatable bonds is 4. The molecule has 0 aromatic heterocycles. The molecule has 15 rings (SSSR count). The first-order valence-corrected chi connectivity index (χ1v) is 34.8. The van der Waals surface area contributed by atoms with Crippen LogP contribution in [0.25, 0.3) is 10.4 Å². The van der Waals surface area contributed by atoms with Crippen molar-refractivity contribution < 1.29 is 106 Å². The third-order valence-electron chi connectivity index (χ3n) is 23.1. The van der Waals surface area contributed by atoms with Gasteiger partial charge in [0.05, 0.1) is 32.0 Å². The molecule has 15 aliphatic rings. The molecule has 0 aromatic carbocycles. The van der Waals surface area contributed by atoms with E-state index in [1.165, 1.54) is 0 Å². The van der Waals surface area contributed by atoms with Crippen LogP contribution in [0.15, 0.2) is 124 Å². The minimum Gasteiger partial charge on any atom is -0.429 e. The van der Waals surface area contributed by atoms with Gasteiger partial charge in [0, 0.05) is 103 Å². The third-order valence-corrected chi connectivity index (χ3v) is 23.1. The Labute approximate surface area is 581 Å². The minimum atomic E-state index is -1.06. The quantitative estimate of drug-likeness (QED) is 0.0389. The number of esters is 5. The molecular weight excluding hydrogens is 1290 g/mol. The van der Waals surface area contributed by atoms with Crippen LogP contribution in [0, 0.1) is 59.2 Å². The number of nitrogens with zero attached hydrogens (tertiary/aromatic N) is 3. The van der Waals surface area contributed by atoms with E-state index in [0.29, 0.717) is 128 Å². The van der Waals surface area contributed by atoms with Crippen LogP contribution < -0.4 is 0 Å². The Morgan fingerprint density at radius 1 is 0.440 bits per heavy atom. The van der Waals surface area contributed by atoms with Crippen LogP contribution in [0.1, 0.15) is 145 Å². The fourth-order valence-electron chi connectivity index (χ4n) is 17.7. The highest BCUT2D eigenvalue weighted by Crippen LogP contribution is 2.54. The van der Waals surface area contributed by atoms with Gasteiger partial charge in [0.1, 0.15) is 30.5 Å². The van der Waals surface area contributed by atoms with Crippen molar-refractivity contribution in [3.8, 4) is 0 Å². The van der Waals surface area contributed by atoms with Crippen molar-refractivity contribution in [2.45, 2.75) is 216 Å². The molecule has 0 saturated carbocycles. The predicted molar refractivity (Wildman–Crippen MR) is 354 cm³/mol. The average Bonchev–Trinajstić information content (AvgIpc) is 1.47. The number of carbonyl (C=O) groups is 8. The number of Topliss-reactive ketones (excluding diaryl/α,β-unsaturated/α-hetero) is 3. The van der Waals surface area contributed by atoms with Gasteiger partial charge >= 0.3 is 29.8 Å². The van der Waals surface area contributed by atoms with Gasteiger partial charge in [0.15, 0.2) is 17.3 Å². The summed E-state index contributed by atoms with van der Waals surface area (Å²) in [7, 11) is 0. The molecule has 25 nitrogen and oxygen atoms in total. The maximum Gasteiger partial charge on any atom is 0.336 e. The summed E-state index contributed by atoms with van der Waals surface area (Å²) in [5.74, 6) is -5.31. The molecule has 10 aliphatic heterocycles. The second-order valence-corrected chi connectivity index (χ2v) is 30.3. The van der Waals surface area contributed by atoms with E-state index in [2.05, 4.69) is 69.8 Å². The molecule has 0 radical (unpaired) electrons. The average molecular weight is 1390 g/mol. The molecular formula is C75H93N3O22. The Bertz CT molecular complexity index is 3610. The summed E-state index contributed by atoms with van der Waals surface area (Å²) in [6, 6.07) is 0. The Morgan fingerprint density at radius 2 is 0.760 bits per heavy atom. The van der Waals surface area contributed by atoms with Gasteiger partial charge in [-0.25, -0.2) is 24.0 Å². The van der Waals surface area contributed by atoms with Gasteiger partial charge in [-0.05, 0) is 133 Å². The zero-order valence-corrected chi connectivity index (χ0v) is 57.9. The number of carbonyl (C=O) groups excluding carboxylic acids is 8. The lowest BCUT2D eigenvalue weighted by atomic mass is 9.72. The summed E-state index contributed by atoms with van der Waals surface area (Å²) in [5, 5.41) is 42.6. The van der Waals surface area contributed by atoms with Crippen LogP contribution in [-0.4, -0.2) is 159 Å². The Morgan fingerprint density at radius 3 is 1.12 bits per heavy atom. The number of hydrogen-bond acceptors (Lipinski definition) is 23. The smallest absolute Gasteiger partial charge is 0.336 e. The van der Waals surface area contributed by atoms with Crippen LogP contribution in [0.2, 0.25) is 0 Å². The molecule has 25 heteroatoms. The largest absolute Gasteiger partial charge is 0.429 e. The SMILES string of the molecule is C=C1CC2(CC(C)C3CC=C(C)C(=O)C3O2)OC1=O.C=C1CC2(CC(C)C3CC=C(C)C(O)C3O2)OC1=O.C=C1CC2(CC(C)C3CC=C(CN=[N+]=[N-])C(=O)C3O2)OC1=O.C=C1CC2(CC(C)C3CC=C(CO)C(=O)C3O2)OC1=O.C=C1CC2(CC(C)C3CC=C(CO)C(O)C3O2)OC1=O. The van der Waals surface area contributed by atoms with E-state index >= 15 is 0 Å². The van der Waals surface area contributed by atoms with Crippen molar-refractivity contribution in [3.05, 3.63) is 129 Å². The number of aliphatic hydroxyl groups excluding tert-OH is 4. The number of allylic oxidation sites excluding steroid dienone is 5. The Balaban J connectivity index is 0.000000126. The molecule has 4 N–H and O–H groups in total. The molecule has 100 heavy (non-hydrogen) atoms. The molecule has 5 aliphatic carbocycles. The van der Waals surface area contributed by atoms with Crippen molar-refractivity contribution in [2.75, 3.05) is 19.8 Å². The van der Waals surface area contributed by atoms with E-state index in [-0.39, 0.29) is 102 Å². The van der Waals surface area contributed by atoms with E-state index in [4.69, 9.17) is 52.9 Å². The minimum absolute atomic E-state index is 0.0236. The summed E-state index contributed by atoms with van der Waals surface area (Å²) < 4.78 is 56.7. The van der Waals surface area contributed by atoms with E-state index in [1.807, 2.05) is 45.9 Å². The van der Waals surface area contributed by atoms with E-state index < -0.39 is 89.4 Å². The first kappa shape index (κ1) is 73.9. The normalized spacial score (nSPS) is 41.9. The summed E-state index contributed by atoms with van der Waals surface area (Å²) in [6.07, 6.45) is 14.4. The van der Waals surface area contributed by atoms with Crippen molar-refractivity contribution in [1.29, 1.82) is 0 Å². The fourth-order valence-corrected chi connectivity index (χ4v) is 17.7. The number of fused-ring (bicyclic) bond motifs is 5. The number of hydrogen-bond donors (Lipinski definition) is 4. The van der Waals surface area contributed by atoms with Gasteiger partial charge in [-0.2, -0.15) is 0 Å². The second-order valence-electron chi connectivity index (χ2n) is 30.3. The van der Waals surface area contributed by atoms with Gasteiger partial charge in [-0.1, -0.05) is 103 Å². The molecule has 10 fully saturated rings. The summed E-state index contributed by atoms with van der Waals surface area (Å²) in [6.45, 7) is 32.2. The molecule has 540 valence electrons. The molecule has 0 bridgehead atoms. The Hall–Kier alpha value is -7.29. The molecule has 0 amide bonds. The van der Waals surface area contributed by atoms with Gasteiger partial charge in [0.2, 0.25) is 28.9 Å². The zero-order chi connectivity index (χ0) is 72.5. The number of ketones is 3. The maximum absolute atomic E-state index is 12.6. The number of aliphatic hydroxyl groups is 4. The van der Waals surface area contributed by atoms with Crippen molar-refractivity contribution in [3.63, 3.8) is 0 Å². The van der Waals surface area contributed by atoms with Crippen molar-refractivity contribution in [2.24, 2.45) is 64.3 Å². The molecule has 5 spiro atoms. The van der Waals surface area contributed by atoms with Crippen LogP contribution in [0.3, 0.4) is 0 Å². The van der Waals surface area contributed by atoms with Crippen LogP contribution >= 0.6 is 0 Å². The predicted octanol–water partition coefficient (Wildman–Crippen LogP) is 8.55. The topological polar surface area (TPSA) is 359 Å². The molecule has 22 atom stereocenters. The number of azide groups is 1. The lowest BCUT2D eigenvalue weighted by molar-refractivity contribution is -0.289. The van der Waals surface area contributed by atoms with E-state index in [9.17, 15) is 58.8 Å². The van der Waals surface area contributed by atoms with Crippen LogP contribution in [0.5, 0.6) is 0 Å². The highest BCUT2D eigenvalue weighted by Gasteiger charge is 2.60. The lowest BCUT2D eigenvalue weighted by Gasteiger charge is -2.48. The number of ether oxygens (including phenoxy) is 10. The van der Waals surface area contributed by atoms with Gasteiger partial charge in [-0.15, -0.1) is 0 Å². The van der Waals surface area contributed by atoms with E-state index in [0.717, 1.165) is 30.4 Å². The summed E-state index contributed by atoms with van der Waals surface area (Å²) >= 11 is 0.